The number of ether oxygens (including phenoxy) is 1. The van der Waals surface area contributed by atoms with E-state index in [1.165, 1.54) is 17.2 Å². The van der Waals surface area contributed by atoms with Crippen molar-refractivity contribution in [3.63, 3.8) is 0 Å². The van der Waals surface area contributed by atoms with E-state index in [9.17, 15) is 4.39 Å². The topological polar surface area (TPSA) is 45.7 Å². The van der Waals surface area contributed by atoms with Crippen molar-refractivity contribution >= 4 is 5.96 Å². The minimum atomic E-state index is -0.194. The Balaban J connectivity index is 1.68. The first-order valence-corrected chi connectivity index (χ1v) is 9.46. The summed E-state index contributed by atoms with van der Waals surface area (Å²) in [5.74, 6) is 0.556. The second-order valence-electron chi connectivity index (χ2n) is 7.11. The third-order valence-corrected chi connectivity index (χ3v) is 5.41. The molecule has 0 amide bonds. The maximum absolute atomic E-state index is 13.8. The molecule has 0 saturated carbocycles. The normalized spacial score (nSPS) is 16.8. The minimum Gasteiger partial charge on any atom is -0.381 e. The molecule has 144 valence electrons. The number of nitrogens with zero attached hydrogens (tertiary/aromatic N) is 1. The van der Waals surface area contributed by atoms with Crippen molar-refractivity contribution in [1.82, 2.24) is 10.6 Å². The minimum absolute atomic E-state index is 0.152. The zero-order valence-corrected chi connectivity index (χ0v) is 16.1. The molecule has 0 spiro atoms. The number of guanidine groups is 1. The molecule has 2 aromatic carbocycles. The van der Waals surface area contributed by atoms with Crippen LogP contribution < -0.4 is 10.6 Å². The number of nitrogens with one attached hydrogen (secondary N) is 2. The van der Waals surface area contributed by atoms with E-state index < -0.39 is 0 Å². The summed E-state index contributed by atoms with van der Waals surface area (Å²) in [6.45, 7) is 4.88. The fraction of sp³-hybridized carbons (Fsp3) is 0.409. The highest BCUT2D eigenvalue weighted by atomic mass is 19.1. The Morgan fingerprint density at radius 1 is 1.11 bits per heavy atom. The van der Waals surface area contributed by atoms with E-state index in [1.807, 2.05) is 18.2 Å². The molecule has 3 rings (SSSR count). The van der Waals surface area contributed by atoms with Crippen molar-refractivity contribution < 1.29 is 9.13 Å². The van der Waals surface area contributed by atoms with E-state index in [0.29, 0.717) is 26.3 Å². The second kappa shape index (κ2) is 9.00. The molecule has 1 heterocycles. The summed E-state index contributed by atoms with van der Waals surface area (Å²) in [7, 11) is 1.77. The molecule has 4 nitrogen and oxygen atoms in total. The molecule has 5 heteroatoms. The lowest BCUT2D eigenvalue weighted by atomic mass is 9.74. The monoisotopic (exact) mass is 369 g/mol. The van der Waals surface area contributed by atoms with E-state index in [4.69, 9.17) is 4.74 Å². The van der Waals surface area contributed by atoms with E-state index in [2.05, 4.69) is 34.7 Å². The molecule has 0 aromatic heterocycles. The van der Waals surface area contributed by atoms with Crippen LogP contribution in [0.15, 0.2) is 53.5 Å². The third-order valence-electron chi connectivity index (χ3n) is 5.41. The van der Waals surface area contributed by atoms with Gasteiger partial charge in [0, 0.05) is 38.8 Å². The number of rotatable bonds is 5. The van der Waals surface area contributed by atoms with Crippen LogP contribution in [0.5, 0.6) is 0 Å². The van der Waals surface area contributed by atoms with Gasteiger partial charge in [-0.25, -0.2) is 4.39 Å². The van der Waals surface area contributed by atoms with Crippen LogP contribution >= 0.6 is 0 Å². The Morgan fingerprint density at radius 2 is 1.89 bits per heavy atom. The first-order chi connectivity index (χ1) is 13.1. The van der Waals surface area contributed by atoms with Gasteiger partial charge in [0.2, 0.25) is 0 Å². The average molecular weight is 369 g/mol. The smallest absolute Gasteiger partial charge is 0.191 e. The average Bonchev–Trinajstić information content (AvgIpc) is 2.70. The van der Waals surface area contributed by atoms with Crippen molar-refractivity contribution in [2.45, 2.75) is 31.7 Å². The van der Waals surface area contributed by atoms with Crippen molar-refractivity contribution in [3.8, 4) is 0 Å². The zero-order chi connectivity index (χ0) is 19.1. The summed E-state index contributed by atoms with van der Waals surface area (Å²) in [6.07, 6.45) is 1.72. The molecule has 27 heavy (non-hydrogen) atoms. The molecular formula is C22H28FN3O. The van der Waals surface area contributed by atoms with Crippen LogP contribution in [0.4, 0.5) is 4.39 Å². The second-order valence-corrected chi connectivity index (χ2v) is 7.11. The lowest BCUT2D eigenvalue weighted by Crippen LogP contribution is -2.48. The highest BCUT2D eigenvalue weighted by Crippen LogP contribution is 2.34. The van der Waals surface area contributed by atoms with E-state index in [0.717, 1.165) is 24.4 Å². The van der Waals surface area contributed by atoms with Gasteiger partial charge < -0.3 is 15.4 Å². The van der Waals surface area contributed by atoms with Crippen LogP contribution in [-0.4, -0.2) is 32.8 Å². The van der Waals surface area contributed by atoms with Gasteiger partial charge >= 0.3 is 0 Å². The molecule has 1 fully saturated rings. The van der Waals surface area contributed by atoms with Gasteiger partial charge in [0.15, 0.2) is 5.96 Å². The van der Waals surface area contributed by atoms with Gasteiger partial charge in [0.05, 0.1) is 0 Å². The molecule has 0 unspecified atom stereocenters. The van der Waals surface area contributed by atoms with Crippen LogP contribution in [0, 0.1) is 12.7 Å². The zero-order valence-electron chi connectivity index (χ0n) is 16.1. The van der Waals surface area contributed by atoms with Gasteiger partial charge in [-0.1, -0.05) is 36.4 Å². The largest absolute Gasteiger partial charge is 0.381 e. The molecule has 1 aliphatic heterocycles. The maximum Gasteiger partial charge on any atom is 0.191 e. The number of hydrogen-bond acceptors (Lipinski definition) is 2. The fourth-order valence-corrected chi connectivity index (χ4v) is 3.61. The Hall–Kier alpha value is -2.40. The highest BCUT2D eigenvalue weighted by molar-refractivity contribution is 5.79. The van der Waals surface area contributed by atoms with Crippen LogP contribution in [0.2, 0.25) is 0 Å². The van der Waals surface area contributed by atoms with E-state index in [1.54, 1.807) is 19.2 Å². The Bertz CT molecular complexity index is 785. The molecule has 1 saturated heterocycles. The molecule has 0 radical (unpaired) electrons. The van der Waals surface area contributed by atoms with Crippen LogP contribution in [-0.2, 0) is 16.7 Å². The quantitative estimate of drug-likeness (QED) is 0.626. The van der Waals surface area contributed by atoms with Crippen molar-refractivity contribution in [3.05, 3.63) is 71.0 Å². The van der Waals surface area contributed by atoms with Crippen molar-refractivity contribution in [1.29, 1.82) is 0 Å². The summed E-state index contributed by atoms with van der Waals surface area (Å²) in [4.78, 5) is 4.35. The Labute approximate surface area is 160 Å². The van der Waals surface area contributed by atoms with Gasteiger partial charge in [-0.05, 0) is 48.6 Å². The predicted octanol–water partition coefficient (Wildman–Crippen LogP) is 3.55. The lowest BCUT2D eigenvalue weighted by Gasteiger charge is -2.38. The molecule has 2 N–H and O–H groups in total. The fourth-order valence-electron chi connectivity index (χ4n) is 3.61. The van der Waals surface area contributed by atoms with Crippen molar-refractivity contribution in [2.75, 3.05) is 26.8 Å². The summed E-state index contributed by atoms with van der Waals surface area (Å²) >= 11 is 0. The van der Waals surface area contributed by atoms with Crippen LogP contribution in [0.1, 0.15) is 29.5 Å². The lowest BCUT2D eigenvalue weighted by molar-refractivity contribution is 0.0513. The summed E-state index contributed by atoms with van der Waals surface area (Å²) < 4.78 is 19.4. The SMILES string of the molecule is CN=C(NCc1ccccc1C)NCC1(c2cccc(F)c2)CCOCC1. The number of hydrogen-bond donors (Lipinski definition) is 2. The van der Waals surface area contributed by atoms with Crippen LogP contribution in [0.3, 0.4) is 0 Å². The van der Waals surface area contributed by atoms with E-state index in [-0.39, 0.29) is 11.2 Å². The molecule has 1 aliphatic rings. The molecule has 0 atom stereocenters. The first kappa shape index (κ1) is 19.4. The third kappa shape index (κ3) is 4.86. The summed E-state index contributed by atoms with van der Waals surface area (Å²) in [6, 6.07) is 15.2. The summed E-state index contributed by atoms with van der Waals surface area (Å²) in [5.41, 5.74) is 3.36. The number of benzene rings is 2. The summed E-state index contributed by atoms with van der Waals surface area (Å²) in [5, 5.41) is 6.83. The Morgan fingerprint density at radius 3 is 2.59 bits per heavy atom. The van der Waals surface area contributed by atoms with Gasteiger partial charge in [-0.3, -0.25) is 4.99 Å². The first-order valence-electron chi connectivity index (χ1n) is 9.46. The van der Waals surface area contributed by atoms with Gasteiger partial charge in [0.1, 0.15) is 5.82 Å². The molecular weight excluding hydrogens is 341 g/mol. The highest BCUT2D eigenvalue weighted by Gasteiger charge is 2.34. The van der Waals surface area contributed by atoms with Crippen molar-refractivity contribution in [2.24, 2.45) is 4.99 Å². The number of aryl methyl sites for hydroxylation is 1. The van der Waals surface area contributed by atoms with E-state index >= 15 is 0 Å². The van der Waals surface area contributed by atoms with Crippen LogP contribution in [0.25, 0.3) is 0 Å². The molecule has 0 bridgehead atoms. The maximum atomic E-state index is 13.8. The molecule has 2 aromatic rings. The number of halogens is 1. The van der Waals surface area contributed by atoms with Gasteiger partial charge in [0.25, 0.3) is 0 Å². The van der Waals surface area contributed by atoms with Gasteiger partial charge in [-0.15, -0.1) is 0 Å². The Kier molecular flexibility index (Phi) is 6.45. The van der Waals surface area contributed by atoms with Gasteiger partial charge in [-0.2, -0.15) is 0 Å². The predicted molar refractivity (Wildman–Crippen MR) is 108 cm³/mol. The standard InChI is InChI=1S/C22H28FN3O/c1-17-6-3-4-7-18(17)15-25-21(24-2)26-16-22(10-12-27-13-11-22)19-8-5-9-20(23)14-19/h3-9,14H,10-13,15-16H2,1-2H3,(H2,24,25,26). The molecule has 0 aliphatic carbocycles. The number of aliphatic imine (C=N–C) groups is 1.